The smallest absolute Gasteiger partial charge is 0.266 e. The van der Waals surface area contributed by atoms with Gasteiger partial charge in [-0.05, 0) is 82.9 Å². The van der Waals surface area contributed by atoms with Crippen LogP contribution in [0.3, 0.4) is 0 Å². The highest BCUT2D eigenvalue weighted by Gasteiger charge is 2.18. The summed E-state index contributed by atoms with van der Waals surface area (Å²) in [5.41, 5.74) is 6.36. The van der Waals surface area contributed by atoms with Gasteiger partial charge in [0.25, 0.3) is 11.1 Å². The summed E-state index contributed by atoms with van der Waals surface area (Å²) in [6, 6.07) is 37.9. The van der Waals surface area contributed by atoms with Crippen LogP contribution >= 0.6 is 23.2 Å². The summed E-state index contributed by atoms with van der Waals surface area (Å²) in [5, 5.41) is 3.52. The Morgan fingerprint density at radius 1 is 0.457 bits per heavy atom. The van der Waals surface area contributed by atoms with Crippen molar-refractivity contribution in [3.05, 3.63) is 152 Å². The fraction of sp³-hybridized carbons (Fsp3) is 0. The van der Waals surface area contributed by atoms with Crippen molar-refractivity contribution in [3.63, 3.8) is 0 Å². The molecule has 0 spiro atoms. The Morgan fingerprint density at radius 2 is 0.870 bits per heavy atom. The zero-order valence-electron chi connectivity index (χ0n) is 23.9. The molecule has 0 aliphatic carbocycles. The van der Waals surface area contributed by atoms with Crippen molar-refractivity contribution < 1.29 is 0 Å². The second-order valence-corrected chi connectivity index (χ2v) is 12.2. The Labute approximate surface area is 270 Å². The van der Waals surface area contributed by atoms with Crippen LogP contribution in [-0.4, -0.2) is 18.8 Å². The third-order valence-corrected chi connectivity index (χ3v) is 9.08. The van der Waals surface area contributed by atoms with E-state index in [1.54, 1.807) is 33.1 Å². The van der Waals surface area contributed by atoms with Crippen LogP contribution in [0, 0.1) is 0 Å². The Hall–Kier alpha value is -5.56. The molecule has 0 saturated heterocycles. The Bertz CT molecular complexity index is 2670. The highest BCUT2D eigenvalue weighted by molar-refractivity contribution is 6.32. The van der Waals surface area contributed by atoms with Crippen LogP contribution in [0.5, 0.6) is 0 Å². The van der Waals surface area contributed by atoms with Gasteiger partial charge in [-0.15, -0.1) is 0 Å². The molecule has 0 fully saturated rings. The number of fused-ring (bicyclic) bond motifs is 8. The van der Waals surface area contributed by atoms with Crippen molar-refractivity contribution in [2.45, 2.75) is 0 Å². The second kappa shape index (κ2) is 9.97. The number of nitrogens with zero attached hydrogens (tertiary/aromatic N) is 4. The van der Waals surface area contributed by atoms with Crippen molar-refractivity contribution in [1.82, 2.24) is 18.8 Å². The quantitative estimate of drug-likeness (QED) is 0.141. The minimum atomic E-state index is -0.256. The van der Waals surface area contributed by atoms with Crippen LogP contribution in [0.25, 0.3) is 77.2 Å². The summed E-state index contributed by atoms with van der Waals surface area (Å²) >= 11 is 12.9. The summed E-state index contributed by atoms with van der Waals surface area (Å²) in [6.07, 6.45) is 0. The molecule has 4 heterocycles. The topological polar surface area (TPSA) is 68.7 Å². The molecular formula is C38H20Cl2N4O2. The first-order chi connectivity index (χ1) is 22.4. The van der Waals surface area contributed by atoms with E-state index in [1.165, 1.54) is 0 Å². The van der Waals surface area contributed by atoms with E-state index < -0.39 is 0 Å². The number of halogens is 2. The molecule has 0 N–H and O–H groups in total. The minimum Gasteiger partial charge on any atom is -0.268 e. The zero-order valence-corrected chi connectivity index (χ0v) is 25.4. The van der Waals surface area contributed by atoms with E-state index >= 15 is 0 Å². The average molecular weight is 636 g/mol. The first kappa shape index (κ1) is 26.8. The highest BCUT2D eigenvalue weighted by Crippen LogP contribution is 2.34. The molecule has 0 saturated carbocycles. The lowest BCUT2D eigenvalue weighted by Crippen LogP contribution is -2.19. The van der Waals surface area contributed by atoms with Gasteiger partial charge in [0, 0.05) is 20.8 Å². The molecule has 0 aliphatic rings. The summed E-state index contributed by atoms with van der Waals surface area (Å²) in [5.74, 6) is 0. The molecule has 0 unspecified atom stereocenters. The van der Waals surface area contributed by atoms with Gasteiger partial charge in [-0.25, -0.2) is 9.97 Å². The molecule has 9 rings (SSSR count). The summed E-state index contributed by atoms with van der Waals surface area (Å²) in [4.78, 5) is 38.3. The lowest BCUT2D eigenvalue weighted by Gasteiger charge is -2.14. The predicted octanol–water partition coefficient (Wildman–Crippen LogP) is 8.96. The lowest BCUT2D eigenvalue weighted by molar-refractivity contribution is 1.12. The van der Waals surface area contributed by atoms with Crippen molar-refractivity contribution >= 4 is 78.1 Å². The van der Waals surface area contributed by atoms with Gasteiger partial charge < -0.3 is 0 Å². The van der Waals surface area contributed by atoms with Crippen LogP contribution in [0.1, 0.15) is 0 Å². The molecule has 5 aromatic carbocycles. The first-order valence-corrected chi connectivity index (χ1v) is 15.4. The number of pyridine rings is 2. The van der Waals surface area contributed by atoms with Crippen molar-refractivity contribution in [3.8, 4) is 22.3 Å². The minimum absolute atomic E-state index is 0.256. The van der Waals surface area contributed by atoms with Gasteiger partial charge in [0.05, 0.1) is 32.8 Å². The SMILES string of the molecule is O=c1c2cc3nc4cc(-c5ccccc5)c5cc(Cl)ccc5n4c(=O)c3cc2nc2cc(-c3ccccc3)c3cc(Cl)ccc3n12. The van der Waals surface area contributed by atoms with Gasteiger partial charge in [0.15, 0.2) is 0 Å². The molecule has 0 radical (unpaired) electrons. The van der Waals surface area contributed by atoms with Crippen LogP contribution in [0.2, 0.25) is 10.0 Å². The molecule has 4 aromatic heterocycles. The maximum Gasteiger partial charge on any atom is 0.266 e. The number of benzene rings is 5. The van der Waals surface area contributed by atoms with E-state index in [0.29, 0.717) is 54.2 Å². The number of hydrogen-bond donors (Lipinski definition) is 0. The van der Waals surface area contributed by atoms with E-state index in [-0.39, 0.29) is 11.1 Å². The maximum atomic E-state index is 14.2. The predicted molar refractivity (Wildman–Crippen MR) is 187 cm³/mol. The summed E-state index contributed by atoms with van der Waals surface area (Å²) in [7, 11) is 0. The Morgan fingerprint density at radius 3 is 1.28 bits per heavy atom. The van der Waals surface area contributed by atoms with E-state index in [1.807, 2.05) is 97.1 Å². The first-order valence-electron chi connectivity index (χ1n) is 14.6. The monoisotopic (exact) mass is 634 g/mol. The van der Waals surface area contributed by atoms with Crippen LogP contribution in [0.4, 0.5) is 0 Å². The van der Waals surface area contributed by atoms with Gasteiger partial charge >= 0.3 is 0 Å². The van der Waals surface area contributed by atoms with Crippen molar-refractivity contribution in [2.75, 3.05) is 0 Å². The third kappa shape index (κ3) is 3.97. The second-order valence-electron chi connectivity index (χ2n) is 11.3. The molecule has 218 valence electrons. The summed E-state index contributed by atoms with van der Waals surface area (Å²) in [6.45, 7) is 0. The van der Waals surface area contributed by atoms with Crippen LogP contribution in [0.15, 0.2) is 131 Å². The van der Waals surface area contributed by atoms with Gasteiger partial charge in [-0.2, -0.15) is 0 Å². The van der Waals surface area contributed by atoms with Gasteiger partial charge in [-0.3, -0.25) is 18.4 Å². The molecule has 0 bridgehead atoms. The van der Waals surface area contributed by atoms with E-state index in [2.05, 4.69) is 0 Å². The maximum absolute atomic E-state index is 14.2. The number of rotatable bonds is 2. The highest BCUT2D eigenvalue weighted by atomic mass is 35.5. The van der Waals surface area contributed by atoms with Gasteiger partial charge in [0.2, 0.25) is 0 Å². The Balaban J connectivity index is 1.39. The van der Waals surface area contributed by atoms with Gasteiger partial charge in [0.1, 0.15) is 11.3 Å². The van der Waals surface area contributed by atoms with E-state index in [4.69, 9.17) is 33.2 Å². The van der Waals surface area contributed by atoms with E-state index in [9.17, 15) is 9.59 Å². The molecule has 9 aromatic rings. The molecule has 46 heavy (non-hydrogen) atoms. The molecule has 6 nitrogen and oxygen atoms in total. The third-order valence-electron chi connectivity index (χ3n) is 8.61. The van der Waals surface area contributed by atoms with Crippen LogP contribution in [-0.2, 0) is 0 Å². The standard InChI is InChI=1S/C38H20Cl2N4O2/c39-23-11-13-33-27(15-23)25(21-7-3-1-4-8-21)19-35-41-31-17-30-32(18-29(31)37(45)43(33)35)42-36-20-26(22-9-5-2-6-10-22)28-16-24(40)12-14-34(28)44(36)38(30)46/h1-20H. The Kier molecular flexibility index (Phi) is 5.81. The average Bonchev–Trinajstić information content (AvgIpc) is 3.08. The lowest BCUT2D eigenvalue weighted by atomic mass is 10.0. The molecule has 0 atom stereocenters. The molecule has 0 aliphatic heterocycles. The molecule has 0 amide bonds. The number of hydrogen-bond acceptors (Lipinski definition) is 4. The van der Waals surface area contributed by atoms with Crippen molar-refractivity contribution in [2.24, 2.45) is 0 Å². The van der Waals surface area contributed by atoms with E-state index in [0.717, 1.165) is 33.0 Å². The van der Waals surface area contributed by atoms with Crippen LogP contribution < -0.4 is 11.1 Å². The molecular weight excluding hydrogens is 615 g/mol. The normalized spacial score (nSPS) is 11.9. The fourth-order valence-electron chi connectivity index (χ4n) is 6.52. The zero-order chi connectivity index (χ0) is 31.1. The fourth-order valence-corrected chi connectivity index (χ4v) is 6.87. The molecule has 8 heteroatoms. The largest absolute Gasteiger partial charge is 0.268 e. The van der Waals surface area contributed by atoms with Crippen molar-refractivity contribution in [1.29, 1.82) is 0 Å². The summed E-state index contributed by atoms with van der Waals surface area (Å²) < 4.78 is 3.20. The number of aromatic nitrogens is 4. The van der Waals surface area contributed by atoms with Gasteiger partial charge in [-0.1, -0.05) is 83.9 Å².